The third-order valence-corrected chi connectivity index (χ3v) is 7.43. The number of carbonyl (C=O) groups is 1. The van der Waals surface area contributed by atoms with Gasteiger partial charge in [0.2, 0.25) is 0 Å². The lowest BCUT2D eigenvalue weighted by atomic mass is 9.94. The van der Waals surface area contributed by atoms with Gasteiger partial charge in [-0.15, -0.1) is 11.3 Å². The Bertz CT molecular complexity index is 917. The first-order chi connectivity index (χ1) is 16.2. The van der Waals surface area contributed by atoms with Crippen molar-refractivity contribution in [2.24, 2.45) is 0 Å². The zero-order chi connectivity index (χ0) is 25.1. The van der Waals surface area contributed by atoms with Gasteiger partial charge in [-0.3, -0.25) is 0 Å². The van der Waals surface area contributed by atoms with Crippen LogP contribution in [0.15, 0.2) is 30.3 Å². The van der Waals surface area contributed by atoms with Crippen LogP contribution in [0.1, 0.15) is 93.4 Å². The van der Waals surface area contributed by atoms with E-state index in [0.29, 0.717) is 0 Å². The number of carboxylic acids is 1. The van der Waals surface area contributed by atoms with Gasteiger partial charge in [0.1, 0.15) is 5.82 Å². The van der Waals surface area contributed by atoms with Crippen LogP contribution >= 0.6 is 11.3 Å². The van der Waals surface area contributed by atoms with Gasteiger partial charge in [0.05, 0.1) is 12.2 Å². The van der Waals surface area contributed by atoms with Gasteiger partial charge in [-0.05, 0) is 42.0 Å². The molecule has 0 amide bonds. The molecule has 2 atom stereocenters. The molecule has 0 fully saturated rings. The van der Waals surface area contributed by atoms with Crippen molar-refractivity contribution in [1.29, 1.82) is 0 Å². The van der Waals surface area contributed by atoms with Gasteiger partial charge in [0.25, 0.3) is 0 Å². The standard InChI is InChI=1S/C28H39FO4S/c1-4-5-6-7-8-9-10-25-27(20-11-13-21(29)14-12-20)24(28(34-25)19(2)3)16-15-22(30)17-23(31)18-26(32)33/h11-16,19,22-23,30-31H,4-10,17-18H2,1-3H3,(H,32,33)/p-1/b16-15+/t22-,23-/m1/s1. The summed E-state index contributed by atoms with van der Waals surface area (Å²) in [5.41, 5.74) is 3.01. The molecule has 1 heterocycles. The molecule has 0 spiro atoms. The van der Waals surface area contributed by atoms with E-state index in [1.165, 1.54) is 54.0 Å². The van der Waals surface area contributed by atoms with Crippen molar-refractivity contribution in [3.05, 3.63) is 51.5 Å². The van der Waals surface area contributed by atoms with Crippen molar-refractivity contribution < 1.29 is 24.5 Å². The van der Waals surface area contributed by atoms with E-state index in [0.717, 1.165) is 29.5 Å². The zero-order valence-corrected chi connectivity index (χ0v) is 21.4. The Kier molecular flexibility index (Phi) is 11.9. The van der Waals surface area contributed by atoms with Crippen molar-refractivity contribution in [2.45, 2.75) is 96.7 Å². The second-order valence-corrected chi connectivity index (χ2v) is 10.4. The lowest BCUT2D eigenvalue weighted by Crippen LogP contribution is -2.29. The number of carbonyl (C=O) groups excluding carboxylic acids is 1. The van der Waals surface area contributed by atoms with E-state index in [1.807, 2.05) is 6.08 Å². The van der Waals surface area contributed by atoms with Crippen LogP contribution in [0.4, 0.5) is 4.39 Å². The summed E-state index contributed by atoms with van der Waals surface area (Å²) in [6.45, 7) is 6.47. The smallest absolute Gasteiger partial charge is 0.123 e. The molecule has 1 aromatic heterocycles. The van der Waals surface area contributed by atoms with Crippen molar-refractivity contribution >= 4 is 23.4 Å². The molecule has 0 unspecified atom stereocenters. The number of thiophene rings is 1. The van der Waals surface area contributed by atoms with E-state index in [2.05, 4.69) is 20.8 Å². The number of aliphatic hydroxyl groups is 2. The van der Waals surface area contributed by atoms with E-state index in [9.17, 15) is 24.5 Å². The molecule has 0 bridgehead atoms. The number of aliphatic hydroxyl groups excluding tert-OH is 2. The highest BCUT2D eigenvalue weighted by Crippen LogP contribution is 2.42. The number of benzene rings is 1. The van der Waals surface area contributed by atoms with Crippen molar-refractivity contribution in [1.82, 2.24) is 0 Å². The first-order valence-electron chi connectivity index (χ1n) is 12.4. The van der Waals surface area contributed by atoms with Crippen LogP contribution in [0.25, 0.3) is 17.2 Å². The molecular formula is C28H38FO4S-. The molecule has 2 rings (SSSR count). The van der Waals surface area contributed by atoms with Crippen molar-refractivity contribution in [3.63, 3.8) is 0 Å². The molecule has 1 aromatic carbocycles. The summed E-state index contributed by atoms with van der Waals surface area (Å²) < 4.78 is 13.6. The fourth-order valence-electron chi connectivity index (χ4n) is 4.12. The minimum atomic E-state index is -1.35. The maximum Gasteiger partial charge on any atom is 0.123 e. The van der Waals surface area contributed by atoms with Gasteiger partial charge in [0, 0.05) is 34.1 Å². The van der Waals surface area contributed by atoms with Gasteiger partial charge < -0.3 is 20.1 Å². The number of aliphatic carboxylic acids is 1. The SMILES string of the molecule is CCCCCCCCc1sc(C(C)C)c(/C=C/[C@@H](O)C[C@@H](O)CC(=O)[O-])c1-c1ccc(F)cc1. The number of hydrogen-bond donors (Lipinski definition) is 2. The average molecular weight is 490 g/mol. The Morgan fingerprint density at radius 1 is 1.09 bits per heavy atom. The van der Waals surface area contributed by atoms with E-state index in [-0.39, 0.29) is 18.2 Å². The Morgan fingerprint density at radius 3 is 2.35 bits per heavy atom. The Balaban J connectivity index is 2.33. The molecular weight excluding hydrogens is 451 g/mol. The summed E-state index contributed by atoms with van der Waals surface area (Å²) >= 11 is 1.77. The van der Waals surface area contributed by atoms with Crippen LogP contribution in [-0.4, -0.2) is 28.4 Å². The Hall–Kier alpha value is -2.02. The molecule has 0 saturated carbocycles. The highest BCUT2D eigenvalue weighted by molar-refractivity contribution is 7.13. The molecule has 0 radical (unpaired) electrons. The predicted octanol–water partition coefficient (Wildman–Crippen LogP) is 5.85. The number of hydrogen-bond acceptors (Lipinski definition) is 5. The van der Waals surface area contributed by atoms with Crippen LogP contribution in [0.2, 0.25) is 0 Å². The molecule has 0 aliphatic carbocycles. The highest BCUT2D eigenvalue weighted by atomic mass is 32.1. The van der Waals surface area contributed by atoms with E-state index >= 15 is 0 Å². The van der Waals surface area contributed by atoms with E-state index < -0.39 is 24.6 Å². The molecule has 0 saturated heterocycles. The van der Waals surface area contributed by atoms with Crippen molar-refractivity contribution in [3.8, 4) is 11.1 Å². The maximum absolute atomic E-state index is 13.6. The Labute approximate surface area is 207 Å². The number of unbranched alkanes of at least 4 members (excludes halogenated alkanes) is 5. The van der Waals surface area contributed by atoms with Crippen LogP contribution in [0.3, 0.4) is 0 Å². The predicted molar refractivity (Wildman–Crippen MR) is 136 cm³/mol. The normalized spacial score (nSPS) is 13.6. The Morgan fingerprint density at radius 2 is 1.74 bits per heavy atom. The summed E-state index contributed by atoms with van der Waals surface area (Å²) in [5.74, 6) is -1.36. The second kappa shape index (κ2) is 14.4. The minimum Gasteiger partial charge on any atom is -0.550 e. The first kappa shape index (κ1) is 28.2. The highest BCUT2D eigenvalue weighted by Gasteiger charge is 2.20. The molecule has 6 heteroatoms. The summed E-state index contributed by atoms with van der Waals surface area (Å²) in [6.07, 6.45) is 8.93. The van der Waals surface area contributed by atoms with Crippen molar-refractivity contribution in [2.75, 3.05) is 0 Å². The van der Waals surface area contributed by atoms with Gasteiger partial charge in [-0.2, -0.15) is 0 Å². The van der Waals surface area contributed by atoms with Crippen LogP contribution in [0.5, 0.6) is 0 Å². The summed E-state index contributed by atoms with van der Waals surface area (Å²) in [4.78, 5) is 13.1. The number of halogens is 1. The van der Waals surface area contributed by atoms with Crippen LogP contribution < -0.4 is 5.11 Å². The third-order valence-electron chi connectivity index (χ3n) is 5.86. The first-order valence-corrected chi connectivity index (χ1v) is 13.2. The molecule has 4 nitrogen and oxygen atoms in total. The lowest BCUT2D eigenvalue weighted by molar-refractivity contribution is -0.307. The molecule has 34 heavy (non-hydrogen) atoms. The second-order valence-electron chi connectivity index (χ2n) is 9.25. The molecule has 2 N–H and O–H groups in total. The number of rotatable bonds is 15. The summed E-state index contributed by atoms with van der Waals surface area (Å²) in [6, 6.07) is 6.53. The van der Waals surface area contributed by atoms with Gasteiger partial charge in [-0.25, -0.2) is 4.39 Å². The molecule has 0 aliphatic rings. The van der Waals surface area contributed by atoms with Gasteiger partial charge in [0.15, 0.2) is 0 Å². The fraction of sp³-hybridized carbons (Fsp3) is 0.536. The third kappa shape index (κ3) is 8.97. The summed E-state index contributed by atoms with van der Waals surface area (Å²) in [7, 11) is 0. The topological polar surface area (TPSA) is 80.6 Å². The van der Waals surface area contributed by atoms with Gasteiger partial charge in [-0.1, -0.05) is 77.2 Å². The quantitative estimate of drug-likeness (QED) is 0.308. The van der Waals surface area contributed by atoms with E-state index in [1.54, 1.807) is 29.5 Å². The number of carboxylic acid groups (broad SMARTS) is 1. The largest absolute Gasteiger partial charge is 0.550 e. The average Bonchev–Trinajstić information content (AvgIpc) is 3.13. The van der Waals surface area contributed by atoms with Gasteiger partial charge >= 0.3 is 0 Å². The molecule has 188 valence electrons. The van der Waals surface area contributed by atoms with E-state index in [4.69, 9.17) is 0 Å². The van der Waals surface area contributed by atoms with Crippen LogP contribution in [0, 0.1) is 5.82 Å². The number of aryl methyl sites for hydroxylation is 1. The molecule has 0 aliphatic heterocycles. The zero-order valence-electron chi connectivity index (χ0n) is 20.6. The minimum absolute atomic E-state index is 0.0812. The fourth-order valence-corrected chi connectivity index (χ4v) is 5.48. The molecule has 2 aromatic rings. The maximum atomic E-state index is 13.6. The summed E-state index contributed by atoms with van der Waals surface area (Å²) in [5, 5.41) is 30.9. The van der Waals surface area contributed by atoms with Crippen LogP contribution in [-0.2, 0) is 11.2 Å². The monoisotopic (exact) mass is 489 g/mol. The lowest BCUT2D eigenvalue weighted by Gasteiger charge is -2.14.